The number of hydrogen-bond acceptors (Lipinski definition) is 6. The van der Waals surface area contributed by atoms with Gasteiger partial charge in [-0.15, -0.1) is 0 Å². The Kier molecular flexibility index (Phi) is 5.12. The molecule has 0 bridgehead atoms. The molecule has 1 atom stereocenters. The molecule has 0 aliphatic heterocycles. The molecule has 26 heavy (non-hydrogen) atoms. The number of aromatic nitrogens is 3. The largest absolute Gasteiger partial charge is 0.494 e. The van der Waals surface area contributed by atoms with Crippen LogP contribution in [0.15, 0.2) is 58.0 Å². The molecular formula is C18H18N4O4. The van der Waals surface area contributed by atoms with Gasteiger partial charge >= 0.3 is 0 Å². The van der Waals surface area contributed by atoms with Crippen molar-refractivity contribution in [2.24, 2.45) is 0 Å². The molecule has 0 spiro atoms. The van der Waals surface area contributed by atoms with Crippen molar-refractivity contribution in [3.8, 4) is 17.0 Å². The third kappa shape index (κ3) is 3.80. The second kappa shape index (κ2) is 7.64. The summed E-state index contributed by atoms with van der Waals surface area (Å²) in [7, 11) is 0. The van der Waals surface area contributed by atoms with E-state index < -0.39 is 11.9 Å². The van der Waals surface area contributed by atoms with Crippen molar-refractivity contribution in [1.82, 2.24) is 14.9 Å². The van der Waals surface area contributed by atoms with Gasteiger partial charge in [0.15, 0.2) is 5.82 Å². The molecule has 2 aromatic heterocycles. The van der Waals surface area contributed by atoms with Crippen LogP contribution in [0.1, 0.15) is 19.9 Å². The first-order chi connectivity index (χ1) is 12.6. The summed E-state index contributed by atoms with van der Waals surface area (Å²) in [6.45, 7) is 4.09. The predicted octanol–water partition coefficient (Wildman–Crippen LogP) is 2.50. The van der Waals surface area contributed by atoms with Gasteiger partial charge in [0.2, 0.25) is 5.91 Å². The quantitative estimate of drug-likeness (QED) is 0.730. The van der Waals surface area contributed by atoms with Crippen LogP contribution in [-0.2, 0) is 4.79 Å². The summed E-state index contributed by atoms with van der Waals surface area (Å²) in [5, 5.41) is 10.5. The van der Waals surface area contributed by atoms with Crippen molar-refractivity contribution in [3.63, 3.8) is 0 Å². The summed E-state index contributed by atoms with van der Waals surface area (Å²) in [5.41, 5.74) is 1.02. The van der Waals surface area contributed by atoms with E-state index in [0.717, 1.165) is 16.0 Å². The minimum Gasteiger partial charge on any atom is -0.494 e. The number of rotatable bonds is 6. The fourth-order valence-electron chi connectivity index (χ4n) is 2.36. The molecular weight excluding hydrogens is 336 g/mol. The number of anilines is 1. The smallest absolute Gasteiger partial charge is 0.267 e. The Morgan fingerprint density at radius 3 is 2.65 bits per heavy atom. The van der Waals surface area contributed by atoms with E-state index in [4.69, 9.17) is 4.74 Å². The van der Waals surface area contributed by atoms with Gasteiger partial charge in [0.05, 0.1) is 12.3 Å². The Morgan fingerprint density at radius 2 is 2.00 bits per heavy atom. The summed E-state index contributed by atoms with van der Waals surface area (Å²) >= 11 is 0. The van der Waals surface area contributed by atoms with E-state index in [1.807, 2.05) is 31.2 Å². The average Bonchev–Trinajstić information content (AvgIpc) is 3.15. The van der Waals surface area contributed by atoms with Gasteiger partial charge in [0.25, 0.3) is 5.56 Å². The summed E-state index contributed by atoms with van der Waals surface area (Å²) in [5.74, 6) is 0.611. The van der Waals surface area contributed by atoms with E-state index in [9.17, 15) is 9.59 Å². The van der Waals surface area contributed by atoms with Crippen molar-refractivity contribution < 1.29 is 14.1 Å². The van der Waals surface area contributed by atoms with Gasteiger partial charge in [-0.2, -0.15) is 5.10 Å². The number of nitrogens with one attached hydrogen (secondary N) is 1. The zero-order valence-electron chi connectivity index (χ0n) is 14.4. The number of carbonyl (C=O) groups excluding carboxylic acids is 1. The zero-order chi connectivity index (χ0) is 18.5. The summed E-state index contributed by atoms with van der Waals surface area (Å²) in [4.78, 5) is 24.5. The Bertz CT molecular complexity index is 933. The van der Waals surface area contributed by atoms with Gasteiger partial charge in [-0.1, -0.05) is 5.16 Å². The molecule has 3 rings (SSSR count). The van der Waals surface area contributed by atoms with Gasteiger partial charge in [-0.25, -0.2) is 4.68 Å². The molecule has 1 amide bonds. The minimum absolute atomic E-state index is 0.276. The first-order valence-corrected chi connectivity index (χ1v) is 8.13. The van der Waals surface area contributed by atoms with Crippen LogP contribution in [-0.4, -0.2) is 27.5 Å². The van der Waals surface area contributed by atoms with Crippen molar-refractivity contribution in [3.05, 3.63) is 59.1 Å². The van der Waals surface area contributed by atoms with Crippen molar-refractivity contribution >= 4 is 11.7 Å². The van der Waals surface area contributed by atoms with Crippen molar-refractivity contribution in [1.29, 1.82) is 0 Å². The number of carbonyl (C=O) groups is 1. The van der Waals surface area contributed by atoms with Crippen LogP contribution < -0.4 is 15.6 Å². The number of hydrogen-bond donors (Lipinski definition) is 1. The van der Waals surface area contributed by atoms with Crippen LogP contribution in [0.2, 0.25) is 0 Å². The topological polar surface area (TPSA) is 99.2 Å². The molecule has 0 aliphatic rings. The number of benzene rings is 1. The lowest BCUT2D eigenvalue weighted by Gasteiger charge is -2.14. The maximum atomic E-state index is 12.3. The first-order valence-electron chi connectivity index (χ1n) is 8.13. The van der Waals surface area contributed by atoms with E-state index in [1.165, 1.54) is 18.4 Å². The SMILES string of the molecule is CCOc1ccc(-c2ccc(=O)n(C(C)C(=O)Nc3ccon3)n2)cc1. The molecule has 0 saturated heterocycles. The molecule has 134 valence electrons. The van der Waals surface area contributed by atoms with Crippen LogP contribution >= 0.6 is 0 Å². The highest BCUT2D eigenvalue weighted by Crippen LogP contribution is 2.20. The molecule has 1 N–H and O–H groups in total. The van der Waals surface area contributed by atoms with E-state index in [2.05, 4.69) is 20.1 Å². The second-order valence-electron chi connectivity index (χ2n) is 5.51. The highest BCUT2D eigenvalue weighted by atomic mass is 16.5. The van der Waals surface area contributed by atoms with Gasteiger partial charge < -0.3 is 14.6 Å². The molecule has 0 fully saturated rings. The van der Waals surface area contributed by atoms with E-state index in [0.29, 0.717) is 12.3 Å². The highest BCUT2D eigenvalue weighted by molar-refractivity contribution is 5.92. The molecule has 0 radical (unpaired) electrons. The lowest BCUT2D eigenvalue weighted by molar-refractivity contribution is -0.119. The standard InChI is InChI=1S/C18H18N4O4/c1-3-25-14-6-4-13(5-7-14)15-8-9-17(23)22(20-15)12(2)18(24)19-16-10-11-26-21-16/h4-12H,3H2,1-2H3,(H,19,21,24). The Balaban J connectivity index is 1.85. The van der Waals surface area contributed by atoms with Gasteiger partial charge in [-0.3, -0.25) is 9.59 Å². The Hall–Kier alpha value is -3.42. The molecule has 1 unspecified atom stereocenters. The lowest BCUT2D eigenvalue weighted by Crippen LogP contribution is -2.33. The number of nitrogens with zero attached hydrogens (tertiary/aromatic N) is 3. The molecule has 3 aromatic rings. The molecule has 8 heteroatoms. The van der Waals surface area contributed by atoms with Crippen LogP contribution in [0.25, 0.3) is 11.3 Å². The monoisotopic (exact) mass is 354 g/mol. The average molecular weight is 354 g/mol. The first kappa shape index (κ1) is 17.4. The fourth-order valence-corrected chi connectivity index (χ4v) is 2.36. The molecule has 0 aliphatic carbocycles. The van der Waals surface area contributed by atoms with Gasteiger partial charge in [-0.05, 0) is 44.2 Å². The van der Waals surface area contributed by atoms with Crippen LogP contribution in [0.3, 0.4) is 0 Å². The third-order valence-electron chi connectivity index (χ3n) is 3.72. The second-order valence-corrected chi connectivity index (χ2v) is 5.51. The summed E-state index contributed by atoms with van der Waals surface area (Å²) in [6.07, 6.45) is 1.34. The predicted molar refractivity (Wildman–Crippen MR) is 94.9 cm³/mol. The fraction of sp³-hybridized carbons (Fsp3) is 0.222. The lowest BCUT2D eigenvalue weighted by atomic mass is 10.1. The van der Waals surface area contributed by atoms with E-state index in [1.54, 1.807) is 13.0 Å². The molecule has 8 nitrogen and oxygen atoms in total. The minimum atomic E-state index is -0.818. The number of amides is 1. The van der Waals surface area contributed by atoms with Crippen LogP contribution in [0.4, 0.5) is 5.82 Å². The molecule has 2 heterocycles. The molecule has 1 aromatic carbocycles. The Labute approximate surface area is 149 Å². The summed E-state index contributed by atoms with van der Waals surface area (Å²) in [6, 6.07) is 11.1. The summed E-state index contributed by atoms with van der Waals surface area (Å²) < 4.78 is 11.2. The van der Waals surface area contributed by atoms with Gasteiger partial charge in [0, 0.05) is 17.7 Å². The van der Waals surface area contributed by atoms with E-state index >= 15 is 0 Å². The van der Waals surface area contributed by atoms with E-state index in [-0.39, 0.29) is 11.4 Å². The third-order valence-corrected chi connectivity index (χ3v) is 3.72. The zero-order valence-corrected chi connectivity index (χ0v) is 14.4. The van der Waals surface area contributed by atoms with Crippen LogP contribution in [0.5, 0.6) is 5.75 Å². The number of ether oxygens (including phenoxy) is 1. The maximum Gasteiger partial charge on any atom is 0.267 e. The Morgan fingerprint density at radius 1 is 1.23 bits per heavy atom. The van der Waals surface area contributed by atoms with Crippen LogP contribution in [0, 0.1) is 0 Å². The van der Waals surface area contributed by atoms with Gasteiger partial charge in [0.1, 0.15) is 18.1 Å². The normalized spacial score (nSPS) is 11.8. The maximum absolute atomic E-state index is 12.3. The highest BCUT2D eigenvalue weighted by Gasteiger charge is 2.19. The van der Waals surface area contributed by atoms with Crippen molar-refractivity contribution in [2.45, 2.75) is 19.9 Å². The van der Waals surface area contributed by atoms with Crippen molar-refractivity contribution in [2.75, 3.05) is 11.9 Å². The molecule has 0 saturated carbocycles.